The van der Waals surface area contributed by atoms with E-state index in [0.717, 1.165) is 23.1 Å². The molecule has 0 fully saturated rings. The zero-order valence-corrected chi connectivity index (χ0v) is 31.3. The highest BCUT2D eigenvalue weighted by Gasteiger charge is 2.45. The second kappa shape index (κ2) is 15.1. The summed E-state index contributed by atoms with van der Waals surface area (Å²) in [5, 5.41) is 19.5. The second-order valence-electron chi connectivity index (χ2n) is 13.9. The lowest BCUT2D eigenvalue weighted by Gasteiger charge is -2.34. The van der Waals surface area contributed by atoms with E-state index in [-0.39, 0.29) is 17.1 Å². The number of benzene rings is 5. The number of esters is 1. The maximum atomic E-state index is 16.7. The topological polar surface area (TPSA) is 82.3 Å². The van der Waals surface area contributed by atoms with Crippen molar-refractivity contribution in [1.29, 1.82) is 0 Å². The second-order valence-corrected chi connectivity index (χ2v) is 13.9. The lowest BCUT2D eigenvalue weighted by Crippen LogP contribution is -2.39. The molecule has 7 rings (SSSR count). The van der Waals surface area contributed by atoms with Gasteiger partial charge in [0.2, 0.25) is 5.82 Å². The van der Waals surface area contributed by atoms with Crippen molar-refractivity contribution in [2.24, 2.45) is 11.0 Å². The number of tetrazole rings is 1. The summed E-state index contributed by atoms with van der Waals surface area (Å²) in [5.74, 6) is -0.570. The van der Waals surface area contributed by atoms with Crippen molar-refractivity contribution in [3.8, 4) is 22.5 Å². The summed E-state index contributed by atoms with van der Waals surface area (Å²) in [6.07, 6.45) is 0.812. The maximum absolute atomic E-state index is 16.7. The Bertz CT molecular complexity index is 2240. The molecule has 0 bridgehead atoms. The van der Waals surface area contributed by atoms with E-state index in [1.54, 1.807) is 17.8 Å². The zero-order chi connectivity index (χ0) is 37.9. The summed E-state index contributed by atoms with van der Waals surface area (Å²) in [6, 6.07) is 43.0. The highest BCUT2D eigenvalue weighted by atomic mass is 19.1. The number of carbonyl (C=O) groups is 1. The lowest BCUT2D eigenvalue weighted by molar-refractivity contribution is -0.844. The molecular weight excluding hydrogens is 676 g/mol. The van der Waals surface area contributed by atoms with Crippen LogP contribution in [0.5, 0.6) is 0 Å². The van der Waals surface area contributed by atoms with Crippen molar-refractivity contribution in [1.82, 2.24) is 20.2 Å². The average molecular weight is 720 g/mol. The van der Waals surface area contributed by atoms with Crippen LogP contribution in [0.4, 0.5) is 4.39 Å². The molecule has 9 heteroatoms. The van der Waals surface area contributed by atoms with Gasteiger partial charge in [-0.25, -0.2) is 9.18 Å². The van der Waals surface area contributed by atoms with Crippen molar-refractivity contribution >= 4 is 17.4 Å². The number of nitrogens with zero attached hydrogens (tertiary/aromatic N) is 6. The quantitative estimate of drug-likeness (QED) is 0.0716. The standard InChI is InChI=1S/C45H44FN6O2/c1-6-29-52(5)42(40(44(53)54-7-2)41(49-52)31(3)4)32-27-28-37(39(46)30-32)36-25-17-18-26-38(36)43-47-50-51(48-43)45(33-19-11-8-12-20-33,34-21-13-9-14-22-34)35-23-15-10-16-24-35/h8-28,30-31H,6-7,29H2,1-5H3/q+1. The van der Waals surface area contributed by atoms with Crippen LogP contribution in [0.15, 0.2) is 144 Å². The Balaban J connectivity index is 1.36. The minimum absolute atomic E-state index is 0.0301. The Labute approximate surface area is 315 Å². The van der Waals surface area contributed by atoms with Gasteiger partial charge in [0.25, 0.3) is 0 Å². The number of quaternary nitrogens is 1. The third-order valence-electron chi connectivity index (χ3n) is 9.98. The largest absolute Gasteiger partial charge is 0.462 e. The highest BCUT2D eigenvalue weighted by molar-refractivity contribution is 6.25. The van der Waals surface area contributed by atoms with Crippen LogP contribution >= 0.6 is 0 Å². The van der Waals surface area contributed by atoms with E-state index in [1.807, 2.05) is 106 Å². The van der Waals surface area contributed by atoms with Crippen LogP contribution in [0.2, 0.25) is 0 Å². The predicted octanol–water partition coefficient (Wildman–Crippen LogP) is 9.14. The fourth-order valence-corrected chi connectivity index (χ4v) is 7.67. The summed E-state index contributed by atoms with van der Waals surface area (Å²) < 4.78 is 22.3. The molecule has 0 N–H and O–H groups in total. The van der Waals surface area contributed by atoms with Crippen LogP contribution in [-0.2, 0) is 15.1 Å². The predicted molar refractivity (Wildman–Crippen MR) is 210 cm³/mol. The Morgan fingerprint density at radius 2 is 1.33 bits per heavy atom. The van der Waals surface area contributed by atoms with Gasteiger partial charge in [0.1, 0.15) is 18.1 Å². The van der Waals surface area contributed by atoms with E-state index in [2.05, 4.69) is 48.4 Å². The Morgan fingerprint density at radius 1 is 0.778 bits per heavy atom. The number of aromatic nitrogens is 4. The fraction of sp³-hybridized carbons (Fsp3) is 0.222. The van der Waals surface area contributed by atoms with Crippen molar-refractivity contribution < 1.29 is 18.5 Å². The molecular formula is C45H44FN6O2+. The zero-order valence-electron chi connectivity index (χ0n) is 31.3. The molecule has 1 atom stereocenters. The summed E-state index contributed by atoms with van der Waals surface area (Å²) >= 11 is 0. The van der Waals surface area contributed by atoms with Crippen LogP contribution < -0.4 is 0 Å². The number of hydrogen-bond donors (Lipinski definition) is 0. The number of carbonyl (C=O) groups excluding carboxylic acids is 1. The molecule has 6 aromatic rings. The summed E-state index contributed by atoms with van der Waals surface area (Å²) in [5.41, 5.74) is 5.84. The van der Waals surface area contributed by atoms with Gasteiger partial charge in [0.15, 0.2) is 16.8 Å². The van der Waals surface area contributed by atoms with Gasteiger partial charge in [-0.2, -0.15) is 4.59 Å². The molecule has 1 aliphatic heterocycles. The highest BCUT2D eigenvalue weighted by Crippen LogP contribution is 2.42. The number of halogens is 1. The molecule has 54 heavy (non-hydrogen) atoms. The molecule has 0 amide bonds. The SMILES string of the molecule is CCC[N+]1(C)N=C(C(C)C)C(C(=O)OCC)=C1c1ccc(-c2ccccc2-c2nnn(C(c3ccccc3)(c3ccccc3)c3ccccc3)n2)c(F)c1. The molecule has 8 nitrogen and oxygen atoms in total. The van der Waals surface area contributed by atoms with Gasteiger partial charge in [0.05, 0.1) is 13.7 Å². The van der Waals surface area contributed by atoms with Gasteiger partial charge in [-0.1, -0.05) is 147 Å². The first-order valence-electron chi connectivity index (χ1n) is 18.5. The molecule has 1 unspecified atom stereocenters. The molecule has 1 aliphatic rings. The van der Waals surface area contributed by atoms with Gasteiger partial charge < -0.3 is 4.74 Å². The van der Waals surface area contributed by atoms with E-state index in [9.17, 15) is 4.79 Å². The summed E-state index contributed by atoms with van der Waals surface area (Å²) in [6.45, 7) is 8.73. The molecule has 1 aromatic heterocycles. The van der Waals surface area contributed by atoms with Gasteiger partial charge in [0, 0.05) is 22.6 Å². The first-order chi connectivity index (χ1) is 26.2. The van der Waals surface area contributed by atoms with Crippen molar-refractivity contribution in [3.63, 3.8) is 0 Å². The molecule has 5 aromatic carbocycles. The van der Waals surface area contributed by atoms with Gasteiger partial charge >= 0.3 is 5.97 Å². The average Bonchev–Trinajstić information content (AvgIpc) is 3.80. The molecule has 0 saturated carbocycles. The molecule has 0 aliphatic carbocycles. The van der Waals surface area contributed by atoms with Crippen molar-refractivity contribution in [2.75, 3.05) is 20.2 Å². The van der Waals surface area contributed by atoms with Crippen LogP contribution in [0, 0.1) is 11.7 Å². The minimum atomic E-state index is -0.956. The van der Waals surface area contributed by atoms with Gasteiger partial charge in [-0.3, -0.25) is 0 Å². The number of hydrogen-bond acceptors (Lipinski definition) is 6. The van der Waals surface area contributed by atoms with Crippen LogP contribution in [0.25, 0.3) is 28.2 Å². The number of ether oxygens (including phenoxy) is 1. The maximum Gasteiger partial charge on any atom is 0.346 e. The van der Waals surface area contributed by atoms with Crippen LogP contribution in [-0.4, -0.2) is 56.7 Å². The Hall–Kier alpha value is -6.06. The van der Waals surface area contributed by atoms with E-state index in [0.29, 0.717) is 51.6 Å². The molecule has 0 saturated heterocycles. The van der Waals surface area contributed by atoms with Crippen LogP contribution in [0.1, 0.15) is 56.4 Å². The molecule has 0 spiro atoms. The smallest absolute Gasteiger partial charge is 0.346 e. The first kappa shape index (κ1) is 36.3. The summed E-state index contributed by atoms with van der Waals surface area (Å²) in [7, 11) is 1.96. The van der Waals surface area contributed by atoms with Gasteiger partial charge in [-0.05, 0) is 52.9 Å². The summed E-state index contributed by atoms with van der Waals surface area (Å²) in [4.78, 5) is 15.1. The molecule has 0 radical (unpaired) electrons. The molecule has 2 heterocycles. The lowest BCUT2D eigenvalue weighted by atomic mass is 9.77. The Kier molecular flexibility index (Phi) is 10.2. The monoisotopic (exact) mass is 719 g/mol. The number of rotatable bonds is 12. The van der Waals surface area contributed by atoms with Gasteiger partial charge in [-0.15, -0.1) is 15.0 Å². The van der Waals surface area contributed by atoms with E-state index in [1.165, 1.54) is 6.07 Å². The third kappa shape index (κ3) is 6.34. The van der Waals surface area contributed by atoms with Crippen molar-refractivity contribution in [2.45, 2.75) is 39.7 Å². The Morgan fingerprint density at radius 3 is 1.85 bits per heavy atom. The minimum Gasteiger partial charge on any atom is -0.462 e. The van der Waals surface area contributed by atoms with E-state index in [4.69, 9.17) is 20.2 Å². The van der Waals surface area contributed by atoms with E-state index < -0.39 is 17.3 Å². The first-order valence-corrected chi connectivity index (χ1v) is 18.5. The molecule has 272 valence electrons. The fourth-order valence-electron chi connectivity index (χ4n) is 7.67. The van der Waals surface area contributed by atoms with Crippen LogP contribution in [0.3, 0.4) is 0 Å². The van der Waals surface area contributed by atoms with Crippen molar-refractivity contribution in [3.05, 3.63) is 167 Å². The van der Waals surface area contributed by atoms with E-state index >= 15 is 4.39 Å². The third-order valence-corrected chi connectivity index (χ3v) is 9.98. The normalized spacial score (nSPS) is 15.8.